The second-order valence-corrected chi connectivity index (χ2v) is 4.18. The number of benzene rings is 1. The summed E-state index contributed by atoms with van der Waals surface area (Å²) in [5.41, 5.74) is 6.68. The van der Waals surface area contributed by atoms with Crippen molar-refractivity contribution in [1.82, 2.24) is 4.98 Å². The third kappa shape index (κ3) is 3.45. The number of nitrogens with two attached hydrogens (primary N) is 1. The Morgan fingerprint density at radius 1 is 1.21 bits per heavy atom. The second kappa shape index (κ2) is 6.75. The van der Waals surface area contributed by atoms with E-state index in [0.29, 0.717) is 6.54 Å². The molecule has 1 heterocycles. The summed E-state index contributed by atoms with van der Waals surface area (Å²) in [4.78, 5) is 6.56. The van der Waals surface area contributed by atoms with Crippen LogP contribution in [-0.4, -0.2) is 25.2 Å². The molecular weight excluding hydrogens is 238 g/mol. The zero-order chi connectivity index (χ0) is 13.5. The van der Waals surface area contributed by atoms with Gasteiger partial charge in [0, 0.05) is 24.5 Å². The second-order valence-electron chi connectivity index (χ2n) is 4.18. The van der Waals surface area contributed by atoms with Crippen molar-refractivity contribution in [3.63, 3.8) is 0 Å². The number of methoxy groups -OCH3 is 1. The van der Waals surface area contributed by atoms with Gasteiger partial charge in [0.05, 0.1) is 7.11 Å². The van der Waals surface area contributed by atoms with E-state index in [0.717, 1.165) is 30.2 Å². The first-order valence-electron chi connectivity index (χ1n) is 6.38. The lowest BCUT2D eigenvalue weighted by molar-refractivity contribution is 0.415. The molecule has 0 saturated heterocycles. The lowest BCUT2D eigenvalue weighted by Gasteiger charge is -2.24. The van der Waals surface area contributed by atoms with Crippen LogP contribution in [0.5, 0.6) is 5.75 Å². The molecule has 2 aromatic rings. The van der Waals surface area contributed by atoms with Crippen molar-refractivity contribution in [2.45, 2.75) is 6.42 Å². The van der Waals surface area contributed by atoms with Gasteiger partial charge in [-0.3, -0.25) is 0 Å². The van der Waals surface area contributed by atoms with Crippen LogP contribution < -0.4 is 15.4 Å². The Hall–Kier alpha value is -2.07. The van der Waals surface area contributed by atoms with Crippen LogP contribution >= 0.6 is 0 Å². The highest BCUT2D eigenvalue weighted by molar-refractivity contribution is 5.61. The van der Waals surface area contributed by atoms with Crippen molar-refractivity contribution in [1.29, 1.82) is 0 Å². The summed E-state index contributed by atoms with van der Waals surface area (Å²) >= 11 is 0. The Morgan fingerprint density at radius 2 is 2.11 bits per heavy atom. The summed E-state index contributed by atoms with van der Waals surface area (Å²) in [6.07, 6.45) is 2.71. The maximum absolute atomic E-state index is 5.62. The molecule has 0 saturated carbocycles. The van der Waals surface area contributed by atoms with Gasteiger partial charge in [-0.25, -0.2) is 4.98 Å². The molecule has 2 rings (SSSR count). The average molecular weight is 257 g/mol. The molecule has 19 heavy (non-hydrogen) atoms. The van der Waals surface area contributed by atoms with Crippen molar-refractivity contribution >= 4 is 11.5 Å². The molecule has 0 bridgehead atoms. The monoisotopic (exact) mass is 257 g/mol. The normalized spacial score (nSPS) is 10.2. The molecule has 0 spiro atoms. The summed E-state index contributed by atoms with van der Waals surface area (Å²) in [6.45, 7) is 1.49. The summed E-state index contributed by atoms with van der Waals surface area (Å²) < 4.78 is 5.27. The highest BCUT2D eigenvalue weighted by Gasteiger charge is 2.10. The van der Waals surface area contributed by atoms with Crippen molar-refractivity contribution in [2.75, 3.05) is 25.1 Å². The van der Waals surface area contributed by atoms with E-state index in [2.05, 4.69) is 9.88 Å². The molecular formula is C15H19N3O. The minimum atomic E-state index is 0.660. The molecule has 100 valence electrons. The van der Waals surface area contributed by atoms with Crippen LogP contribution in [0.3, 0.4) is 0 Å². The van der Waals surface area contributed by atoms with E-state index in [9.17, 15) is 0 Å². The fourth-order valence-corrected chi connectivity index (χ4v) is 1.92. The predicted molar refractivity (Wildman–Crippen MR) is 77.9 cm³/mol. The Bertz CT molecular complexity index is 502. The molecule has 0 atom stereocenters. The van der Waals surface area contributed by atoms with E-state index in [1.807, 2.05) is 42.5 Å². The Balaban J connectivity index is 2.31. The Labute approximate surface area is 113 Å². The van der Waals surface area contributed by atoms with Crippen LogP contribution in [0.4, 0.5) is 11.5 Å². The molecule has 0 fully saturated rings. The number of pyridine rings is 1. The first-order valence-corrected chi connectivity index (χ1v) is 6.38. The van der Waals surface area contributed by atoms with E-state index < -0.39 is 0 Å². The van der Waals surface area contributed by atoms with Gasteiger partial charge in [-0.1, -0.05) is 12.1 Å². The quantitative estimate of drug-likeness (QED) is 0.864. The lowest BCUT2D eigenvalue weighted by Crippen LogP contribution is -2.21. The third-order valence-electron chi connectivity index (χ3n) is 2.88. The number of hydrogen-bond donors (Lipinski definition) is 1. The van der Waals surface area contributed by atoms with E-state index in [-0.39, 0.29) is 0 Å². The first kappa shape index (κ1) is 13.4. The van der Waals surface area contributed by atoms with Gasteiger partial charge in [-0.15, -0.1) is 0 Å². The number of ether oxygens (including phenoxy) is 1. The van der Waals surface area contributed by atoms with Crippen LogP contribution in [0.1, 0.15) is 6.42 Å². The largest absolute Gasteiger partial charge is 0.497 e. The maximum atomic E-state index is 5.62. The van der Waals surface area contributed by atoms with E-state index in [1.165, 1.54) is 0 Å². The van der Waals surface area contributed by atoms with Gasteiger partial charge >= 0.3 is 0 Å². The number of anilines is 2. The van der Waals surface area contributed by atoms with Gasteiger partial charge in [-0.2, -0.15) is 0 Å². The van der Waals surface area contributed by atoms with Gasteiger partial charge in [0.1, 0.15) is 11.6 Å². The van der Waals surface area contributed by atoms with Gasteiger partial charge in [0.25, 0.3) is 0 Å². The summed E-state index contributed by atoms with van der Waals surface area (Å²) in [5, 5.41) is 0. The minimum Gasteiger partial charge on any atom is -0.497 e. The standard InChI is InChI=1S/C15H19N3O/c1-19-14-7-4-6-13(12-14)18(11-5-9-16)15-8-2-3-10-17-15/h2-4,6-8,10,12H,5,9,11,16H2,1H3. The molecule has 4 nitrogen and oxygen atoms in total. The third-order valence-corrected chi connectivity index (χ3v) is 2.88. The molecule has 1 aromatic heterocycles. The van der Waals surface area contributed by atoms with Gasteiger partial charge in [-0.05, 0) is 37.2 Å². The number of rotatable bonds is 6. The van der Waals surface area contributed by atoms with Crippen molar-refractivity contribution in [3.05, 3.63) is 48.7 Å². The van der Waals surface area contributed by atoms with Crippen LogP contribution in [0, 0.1) is 0 Å². The molecule has 0 unspecified atom stereocenters. The van der Waals surface area contributed by atoms with E-state index >= 15 is 0 Å². The SMILES string of the molecule is COc1cccc(N(CCCN)c2ccccn2)c1. The Morgan fingerprint density at radius 3 is 2.79 bits per heavy atom. The van der Waals surface area contributed by atoms with E-state index in [4.69, 9.17) is 10.5 Å². The molecule has 1 aromatic carbocycles. The zero-order valence-corrected chi connectivity index (χ0v) is 11.1. The molecule has 0 aliphatic heterocycles. The topological polar surface area (TPSA) is 51.4 Å². The maximum Gasteiger partial charge on any atom is 0.132 e. The molecule has 4 heteroatoms. The molecule has 0 radical (unpaired) electrons. The van der Waals surface area contributed by atoms with Crippen LogP contribution in [0.2, 0.25) is 0 Å². The number of aromatic nitrogens is 1. The lowest BCUT2D eigenvalue weighted by atomic mass is 10.2. The Kier molecular flexibility index (Phi) is 4.75. The summed E-state index contributed by atoms with van der Waals surface area (Å²) in [5.74, 6) is 1.76. The highest BCUT2D eigenvalue weighted by atomic mass is 16.5. The molecule has 0 amide bonds. The van der Waals surface area contributed by atoms with Gasteiger partial charge in [0.15, 0.2) is 0 Å². The fourth-order valence-electron chi connectivity index (χ4n) is 1.92. The summed E-state index contributed by atoms with van der Waals surface area (Å²) in [7, 11) is 1.67. The smallest absolute Gasteiger partial charge is 0.132 e. The molecule has 2 N–H and O–H groups in total. The predicted octanol–water partition coefficient (Wildman–Crippen LogP) is 2.58. The summed E-state index contributed by atoms with van der Waals surface area (Å²) in [6, 6.07) is 13.9. The van der Waals surface area contributed by atoms with Crippen molar-refractivity contribution in [2.24, 2.45) is 5.73 Å². The van der Waals surface area contributed by atoms with Gasteiger partial charge in [0.2, 0.25) is 0 Å². The molecule has 0 aliphatic rings. The number of nitrogens with zero attached hydrogens (tertiary/aromatic N) is 2. The highest BCUT2D eigenvalue weighted by Crippen LogP contribution is 2.26. The zero-order valence-electron chi connectivity index (χ0n) is 11.1. The van der Waals surface area contributed by atoms with Crippen molar-refractivity contribution < 1.29 is 4.74 Å². The van der Waals surface area contributed by atoms with E-state index in [1.54, 1.807) is 13.3 Å². The van der Waals surface area contributed by atoms with Crippen LogP contribution in [0.25, 0.3) is 0 Å². The van der Waals surface area contributed by atoms with Crippen molar-refractivity contribution in [3.8, 4) is 5.75 Å². The minimum absolute atomic E-state index is 0.660. The number of hydrogen-bond acceptors (Lipinski definition) is 4. The molecule has 0 aliphatic carbocycles. The van der Waals surface area contributed by atoms with Crippen LogP contribution in [-0.2, 0) is 0 Å². The average Bonchev–Trinajstić information content (AvgIpc) is 2.49. The fraction of sp³-hybridized carbons (Fsp3) is 0.267. The van der Waals surface area contributed by atoms with Gasteiger partial charge < -0.3 is 15.4 Å². The first-order chi connectivity index (χ1) is 9.35. The van der Waals surface area contributed by atoms with Crippen LogP contribution in [0.15, 0.2) is 48.7 Å².